The van der Waals surface area contributed by atoms with Gasteiger partial charge in [0.05, 0.1) is 11.6 Å². The first kappa shape index (κ1) is 10.2. The Morgan fingerprint density at radius 1 is 1.28 bits per heavy atom. The lowest BCUT2D eigenvalue weighted by Crippen LogP contribution is -1.91. The minimum atomic E-state index is 0.357. The maximum atomic E-state index is 8.87. The summed E-state index contributed by atoms with van der Waals surface area (Å²) in [5, 5.41) is 8.87. The number of aromatic amines is 1. The van der Waals surface area contributed by atoms with Crippen molar-refractivity contribution in [3.8, 4) is 17.5 Å². The van der Waals surface area contributed by atoms with Crippen molar-refractivity contribution in [3.05, 3.63) is 36.2 Å². The number of rotatable bonds is 1. The van der Waals surface area contributed by atoms with Crippen LogP contribution in [0.5, 0.6) is 0 Å². The minimum Gasteiger partial charge on any atom is -0.382 e. The molecule has 0 aliphatic rings. The quantitative estimate of drug-likeness (QED) is 0.665. The van der Waals surface area contributed by atoms with E-state index in [4.69, 9.17) is 11.0 Å². The van der Waals surface area contributed by atoms with Crippen molar-refractivity contribution in [1.82, 2.24) is 19.9 Å². The molecule has 0 atom stereocenters. The van der Waals surface area contributed by atoms with Gasteiger partial charge in [0, 0.05) is 5.56 Å². The molecule has 6 heteroatoms. The van der Waals surface area contributed by atoms with Crippen LogP contribution in [0.2, 0.25) is 0 Å². The average Bonchev–Trinajstić information content (AvgIpc) is 2.84. The molecule has 3 N–H and O–H groups in total. The molecule has 0 radical (unpaired) electrons. The standard InChI is InChI=1S/C12H8N6/c13-5-7-2-1-3-8(4-7)11-17-9-10(14)15-6-16-12(9)18-11/h1-4,6H,(H3,14,15,16,17,18). The van der Waals surface area contributed by atoms with Crippen LogP contribution in [0.1, 0.15) is 5.56 Å². The molecule has 0 amide bonds. The van der Waals surface area contributed by atoms with Crippen molar-refractivity contribution in [2.24, 2.45) is 0 Å². The fourth-order valence-electron chi connectivity index (χ4n) is 1.72. The third-order valence-corrected chi connectivity index (χ3v) is 2.58. The molecule has 0 fully saturated rings. The summed E-state index contributed by atoms with van der Waals surface area (Å²) in [6.07, 6.45) is 1.37. The van der Waals surface area contributed by atoms with E-state index < -0.39 is 0 Å². The fraction of sp³-hybridized carbons (Fsp3) is 0. The minimum absolute atomic E-state index is 0.357. The third kappa shape index (κ3) is 1.55. The van der Waals surface area contributed by atoms with Crippen molar-refractivity contribution < 1.29 is 0 Å². The number of aromatic nitrogens is 4. The maximum Gasteiger partial charge on any atom is 0.183 e. The van der Waals surface area contributed by atoms with E-state index in [0.717, 1.165) is 5.56 Å². The number of nitrogen functional groups attached to an aromatic ring is 1. The van der Waals surface area contributed by atoms with Crippen LogP contribution in [0, 0.1) is 11.3 Å². The van der Waals surface area contributed by atoms with Crippen molar-refractivity contribution >= 4 is 17.0 Å². The Labute approximate surface area is 102 Å². The normalized spacial score (nSPS) is 10.4. The first-order valence-corrected chi connectivity index (χ1v) is 5.24. The number of nitrogens with zero attached hydrogens (tertiary/aromatic N) is 4. The van der Waals surface area contributed by atoms with Crippen molar-refractivity contribution in [2.45, 2.75) is 0 Å². The molecule has 2 aromatic heterocycles. The van der Waals surface area contributed by atoms with Crippen LogP contribution in [0.15, 0.2) is 30.6 Å². The van der Waals surface area contributed by atoms with Crippen LogP contribution in [0.25, 0.3) is 22.6 Å². The van der Waals surface area contributed by atoms with Crippen molar-refractivity contribution in [1.29, 1.82) is 5.26 Å². The summed E-state index contributed by atoms with van der Waals surface area (Å²) in [6, 6.07) is 9.24. The van der Waals surface area contributed by atoms with Gasteiger partial charge in [-0.1, -0.05) is 12.1 Å². The molecule has 86 valence electrons. The zero-order valence-corrected chi connectivity index (χ0v) is 9.25. The number of hydrogen-bond donors (Lipinski definition) is 2. The number of nitrogens with two attached hydrogens (primary N) is 1. The number of nitriles is 1. The Kier molecular flexibility index (Phi) is 2.17. The summed E-state index contributed by atoms with van der Waals surface area (Å²) in [6.45, 7) is 0. The first-order valence-electron chi connectivity index (χ1n) is 5.24. The monoisotopic (exact) mass is 236 g/mol. The van der Waals surface area contributed by atoms with E-state index in [1.807, 2.05) is 6.07 Å². The highest BCUT2D eigenvalue weighted by Crippen LogP contribution is 2.21. The number of hydrogen-bond acceptors (Lipinski definition) is 5. The van der Waals surface area contributed by atoms with Gasteiger partial charge in [-0.15, -0.1) is 0 Å². The van der Waals surface area contributed by atoms with E-state index in [1.54, 1.807) is 18.2 Å². The molecule has 0 saturated carbocycles. The van der Waals surface area contributed by atoms with E-state index in [2.05, 4.69) is 26.0 Å². The lowest BCUT2D eigenvalue weighted by molar-refractivity contribution is 1.21. The van der Waals surface area contributed by atoms with E-state index in [9.17, 15) is 0 Å². The smallest absolute Gasteiger partial charge is 0.183 e. The topological polar surface area (TPSA) is 104 Å². The molecule has 3 aromatic rings. The second-order valence-corrected chi connectivity index (χ2v) is 3.74. The zero-order valence-electron chi connectivity index (χ0n) is 9.25. The Hall–Kier alpha value is -2.94. The van der Waals surface area contributed by atoms with E-state index in [1.165, 1.54) is 6.33 Å². The fourth-order valence-corrected chi connectivity index (χ4v) is 1.72. The van der Waals surface area contributed by atoms with Gasteiger partial charge in [0.25, 0.3) is 0 Å². The van der Waals surface area contributed by atoms with Gasteiger partial charge in [0.15, 0.2) is 11.5 Å². The molecule has 3 rings (SSSR count). The van der Waals surface area contributed by atoms with Crippen molar-refractivity contribution in [2.75, 3.05) is 5.73 Å². The predicted molar refractivity (Wildman–Crippen MR) is 66.2 cm³/mol. The summed E-state index contributed by atoms with van der Waals surface area (Å²) in [5.74, 6) is 0.976. The number of imidazole rings is 1. The molecule has 0 unspecified atom stereocenters. The Bertz CT molecular complexity index is 768. The van der Waals surface area contributed by atoms with Gasteiger partial charge >= 0.3 is 0 Å². The molecule has 1 aromatic carbocycles. The SMILES string of the molecule is N#Cc1cccc(-c2nc3ncnc(N)c3[nH]2)c1. The van der Waals surface area contributed by atoms with E-state index >= 15 is 0 Å². The summed E-state index contributed by atoms with van der Waals surface area (Å²) in [5.41, 5.74) is 8.24. The molecule has 6 nitrogen and oxygen atoms in total. The summed E-state index contributed by atoms with van der Waals surface area (Å²) in [4.78, 5) is 15.3. The highest BCUT2D eigenvalue weighted by Gasteiger charge is 2.09. The number of anilines is 1. The molecular weight excluding hydrogens is 228 g/mol. The second-order valence-electron chi connectivity index (χ2n) is 3.74. The molecule has 18 heavy (non-hydrogen) atoms. The first-order chi connectivity index (χ1) is 8.78. The molecule has 2 heterocycles. The van der Waals surface area contributed by atoms with Gasteiger partial charge in [0.2, 0.25) is 0 Å². The van der Waals surface area contributed by atoms with Crippen LogP contribution in [0.4, 0.5) is 5.82 Å². The lowest BCUT2D eigenvalue weighted by atomic mass is 10.1. The van der Waals surface area contributed by atoms with Crippen molar-refractivity contribution in [3.63, 3.8) is 0 Å². The maximum absolute atomic E-state index is 8.87. The van der Waals surface area contributed by atoms with Crippen LogP contribution in [-0.2, 0) is 0 Å². The molecule has 0 bridgehead atoms. The third-order valence-electron chi connectivity index (χ3n) is 2.58. The van der Waals surface area contributed by atoms with Gasteiger partial charge < -0.3 is 10.7 Å². The zero-order chi connectivity index (χ0) is 12.5. The van der Waals surface area contributed by atoms with Gasteiger partial charge in [-0.05, 0) is 12.1 Å². The van der Waals surface area contributed by atoms with Gasteiger partial charge in [0.1, 0.15) is 17.7 Å². The Morgan fingerprint density at radius 2 is 2.17 bits per heavy atom. The van der Waals surface area contributed by atoms with E-state index in [0.29, 0.717) is 28.4 Å². The second kappa shape index (κ2) is 3.82. The number of H-pyrrole nitrogens is 1. The molecule has 0 spiro atoms. The number of nitrogens with one attached hydrogen (secondary N) is 1. The molecule has 0 aliphatic heterocycles. The Morgan fingerprint density at radius 3 is 2.94 bits per heavy atom. The molecule has 0 aliphatic carbocycles. The molecular formula is C12H8N6. The van der Waals surface area contributed by atoms with E-state index in [-0.39, 0.29) is 0 Å². The molecule has 0 saturated heterocycles. The van der Waals surface area contributed by atoms with Crippen LogP contribution in [0.3, 0.4) is 0 Å². The average molecular weight is 236 g/mol. The van der Waals surface area contributed by atoms with Gasteiger partial charge in [-0.25, -0.2) is 15.0 Å². The predicted octanol–water partition coefficient (Wildman–Crippen LogP) is 1.47. The summed E-state index contributed by atoms with van der Waals surface area (Å²) in [7, 11) is 0. The highest BCUT2D eigenvalue weighted by atomic mass is 15.0. The van der Waals surface area contributed by atoms with Crippen LogP contribution < -0.4 is 5.73 Å². The van der Waals surface area contributed by atoms with Gasteiger partial charge in [-0.2, -0.15) is 5.26 Å². The highest BCUT2D eigenvalue weighted by molar-refractivity contribution is 5.84. The Balaban J connectivity index is 2.20. The number of fused-ring (bicyclic) bond motifs is 1. The lowest BCUT2D eigenvalue weighted by Gasteiger charge is -1.96. The van der Waals surface area contributed by atoms with Gasteiger partial charge in [-0.3, -0.25) is 0 Å². The largest absolute Gasteiger partial charge is 0.382 e. The summed E-state index contributed by atoms with van der Waals surface area (Å²) < 4.78 is 0. The summed E-state index contributed by atoms with van der Waals surface area (Å²) >= 11 is 0. The number of benzene rings is 1. The van der Waals surface area contributed by atoms with Crippen LogP contribution >= 0.6 is 0 Å². The van der Waals surface area contributed by atoms with Crippen LogP contribution in [-0.4, -0.2) is 19.9 Å².